The molecule has 0 unspecified atom stereocenters. The minimum Gasteiger partial charge on any atom is -0.463 e. The Morgan fingerprint density at radius 3 is 2.60 bits per heavy atom. The summed E-state index contributed by atoms with van der Waals surface area (Å²) in [5, 5.41) is 10.9. The number of carbonyl (C=O) groups excluding carboxylic acids is 4. The number of nitrogens with one attached hydrogen (secondary N) is 1. The lowest BCUT2D eigenvalue weighted by Crippen LogP contribution is -2.41. The van der Waals surface area contributed by atoms with Gasteiger partial charge in [-0.25, -0.2) is 28.1 Å². The third-order valence-corrected chi connectivity index (χ3v) is 6.44. The molecule has 0 spiro atoms. The highest BCUT2D eigenvalue weighted by molar-refractivity contribution is 5.95. The average molecular weight is 590 g/mol. The standard InChI is InChI=1S/C25H25F2N7O8/c1-39-24(37)20-3-2-19(42-20)23(36)28-12-21(35)34-7-6-31(8-9-40-34)22-17(26)10-15(11-18(22)27)33-14-16(41-25(33)38)13-32-5-4-29-30-32/h2-5,10-11,16H,6-9,12-14H2,1H3,(H,28,36)/t16-/m0/s1. The Kier molecular flexibility index (Phi) is 8.28. The molecule has 0 saturated carbocycles. The fourth-order valence-electron chi connectivity index (χ4n) is 4.45. The Labute approximate surface area is 236 Å². The number of hydrogen-bond acceptors (Lipinski definition) is 11. The van der Waals surface area contributed by atoms with Crippen LogP contribution in [0.4, 0.5) is 25.0 Å². The van der Waals surface area contributed by atoms with Crippen LogP contribution >= 0.6 is 0 Å². The summed E-state index contributed by atoms with van der Waals surface area (Å²) in [6.07, 6.45) is 1.75. The van der Waals surface area contributed by atoms with Crippen molar-refractivity contribution in [3.63, 3.8) is 0 Å². The van der Waals surface area contributed by atoms with Crippen molar-refractivity contribution in [1.82, 2.24) is 25.4 Å². The van der Waals surface area contributed by atoms with Gasteiger partial charge in [-0.05, 0) is 12.1 Å². The molecular weight excluding hydrogens is 564 g/mol. The Balaban J connectivity index is 1.17. The third-order valence-electron chi connectivity index (χ3n) is 6.44. The summed E-state index contributed by atoms with van der Waals surface area (Å²) in [5.74, 6) is -4.32. The van der Waals surface area contributed by atoms with Crippen molar-refractivity contribution in [3.8, 4) is 0 Å². The van der Waals surface area contributed by atoms with Crippen LogP contribution in [0.3, 0.4) is 0 Å². The normalized spacial score (nSPS) is 17.2. The predicted octanol–water partition coefficient (Wildman–Crippen LogP) is 0.971. The molecule has 15 nitrogen and oxygen atoms in total. The van der Waals surface area contributed by atoms with Crippen LogP contribution in [0.5, 0.6) is 0 Å². The van der Waals surface area contributed by atoms with Crippen molar-refractivity contribution in [2.75, 3.05) is 56.2 Å². The largest absolute Gasteiger partial charge is 0.463 e. The molecule has 1 atom stereocenters. The molecule has 4 heterocycles. The molecule has 222 valence electrons. The number of ether oxygens (including phenoxy) is 2. The van der Waals surface area contributed by atoms with Crippen molar-refractivity contribution in [2.45, 2.75) is 12.6 Å². The van der Waals surface area contributed by atoms with Crippen LogP contribution in [0, 0.1) is 11.6 Å². The number of hydrogen-bond donors (Lipinski definition) is 1. The Bertz CT molecular complexity index is 1460. The minimum atomic E-state index is -0.908. The van der Waals surface area contributed by atoms with Crippen molar-refractivity contribution < 1.29 is 46.7 Å². The number of anilines is 2. The monoisotopic (exact) mass is 589 g/mol. The lowest BCUT2D eigenvalue weighted by molar-refractivity contribution is -0.180. The molecule has 1 N–H and O–H groups in total. The van der Waals surface area contributed by atoms with E-state index in [1.807, 2.05) is 0 Å². The molecule has 0 aliphatic carbocycles. The zero-order valence-corrected chi connectivity index (χ0v) is 22.2. The van der Waals surface area contributed by atoms with Gasteiger partial charge in [0.15, 0.2) is 17.4 Å². The fraction of sp³-hybridized carbons (Fsp3) is 0.360. The van der Waals surface area contributed by atoms with E-state index in [2.05, 4.69) is 20.4 Å². The SMILES string of the molecule is COC(=O)c1ccc(C(=O)NCC(=O)N2CCN(c3c(F)cc(N4C[C@H](Cn5ccnn5)OC4=O)cc3F)CCO2)o1. The first-order valence-electron chi connectivity index (χ1n) is 12.7. The first kappa shape index (κ1) is 28.5. The first-order chi connectivity index (χ1) is 20.2. The lowest BCUT2D eigenvalue weighted by atomic mass is 10.2. The van der Waals surface area contributed by atoms with Crippen LogP contribution < -0.4 is 15.1 Å². The highest BCUT2D eigenvalue weighted by Gasteiger charge is 2.34. The molecule has 2 aromatic heterocycles. The summed E-state index contributed by atoms with van der Waals surface area (Å²) in [4.78, 5) is 56.7. The van der Waals surface area contributed by atoms with Crippen molar-refractivity contribution in [3.05, 3.63) is 59.8 Å². The van der Waals surface area contributed by atoms with Gasteiger partial charge >= 0.3 is 12.1 Å². The van der Waals surface area contributed by atoms with Gasteiger partial charge in [0.05, 0.1) is 51.8 Å². The number of nitrogens with zero attached hydrogens (tertiary/aromatic N) is 6. The van der Waals surface area contributed by atoms with E-state index >= 15 is 8.78 Å². The number of aromatic nitrogens is 3. The molecule has 3 aromatic rings. The number of hydroxylamine groups is 2. The fourth-order valence-corrected chi connectivity index (χ4v) is 4.45. The number of furan rings is 1. The van der Waals surface area contributed by atoms with E-state index < -0.39 is 48.2 Å². The number of esters is 1. The van der Waals surface area contributed by atoms with Crippen molar-refractivity contribution in [1.29, 1.82) is 0 Å². The van der Waals surface area contributed by atoms with Crippen LogP contribution in [-0.2, 0) is 25.7 Å². The van der Waals surface area contributed by atoms with E-state index in [4.69, 9.17) is 14.0 Å². The Morgan fingerprint density at radius 1 is 1.12 bits per heavy atom. The van der Waals surface area contributed by atoms with Gasteiger partial charge in [-0.2, -0.15) is 0 Å². The molecule has 0 bridgehead atoms. The van der Waals surface area contributed by atoms with Gasteiger partial charge in [-0.1, -0.05) is 5.21 Å². The van der Waals surface area contributed by atoms with Gasteiger partial charge in [0.1, 0.15) is 11.8 Å². The minimum absolute atomic E-state index is 0.00581. The molecular formula is C25H25F2N7O8. The second kappa shape index (κ2) is 12.2. The second-order valence-electron chi connectivity index (χ2n) is 9.15. The first-order valence-corrected chi connectivity index (χ1v) is 12.7. The van der Waals surface area contributed by atoms with E-state index in [0.717, 1.165) is 29.2 Å². The van der Waals surface area contributed by atoms with Gasteiger partial charge in [0, 0.05) is 31.4 Å². The maximum absolute atomic E-state index is 15.2. The number of halogens is 2. The lowest BCUT2D eigenvalue weighted by Gasteiger charge is -2.24. The number of cyclic esters (lactones) is 1. The van der Waals surface area contributed by atoms with E-state index in [1.165, 1.54) is 27.9 Å². The number of rotatable bonds is 8. The summed E-state index contributed by atoms with van der Waals surface area (Å²) in [6.45, 7) is -0.245. The van der Waals surface area contributed by atoms with Crippen LogP contribution in [0.2, 0.25) is 0 Å². The van der Waals surface area contributed by atoms with Gasteiger partial charge in [0.25, 0.3) is 11.8 Å². The van der Waals surface area contributed by atoms with Gasteiger partial charge < -0.3 is 24.1 Å². The molecule has 5 rings (SSSR count). The molecule has 42 heavy (non-hydrogen) atoms. The molecule has 2 aliphatic rings. The van der Waals surface area contributed by atoms with Crippen LogP contribution in [0.25, 0.3) is 0 Å². The Morgan fingerprint density at radius 2 is 1.88 bits per heavy atom. The number of benzene rings is 1. The average Bonchev–Trinajstić information content (AvgIpc) is 3.70. The smallest absolute Gasteiger partial charge is 0.414 e. The summed E-state index contributed by atoms with van der Waals surface area (Å²) in [5.41, 5.74) is -0.343. The number of carbonyl (C=O) groups is 4. The molecule has 2 saturated heterocycles. The quantitative estimate of drug-likeness (QED) is 0.373. The summed E-state index contributed by atoms with van der Waals surface area (Å²) >= 11 is 0. The van der Waals surface area contributed by atoms with E-state index in [9.17, 15) is 19.2 Å². The van der Waals surface area contributed by atoms with Crippen LogP contribution in [0.1, 0.15) is 21.1 Å². The van der Waals surface area contributed by atoms with Crippen molar-refractivity contribution in [2.24, 2.45) is 0 Å². The maximum atomic E-state index is 15.2. The predicted molar refractivity (Wildman–Crippen MR) is 136 cm³/mol. The number of amides is 3. The van der Waals surface area contributed by atoms with Gasteiger partial charge in [-0.3, -0.25) is 19.3 Å². The highest BCUT2D eigenvalue weighted by Crippen LogP contribution is 2.31. The van der Waals surface area contributed by atoms with E-state index in [1.54, 1.807) is 6.20 Å². The Hall–Kier alpha value is -5.06. The second-order valence-corrected chi connectivity index (χ2v) is 9.15. The topological polar surface area (TPSA) is 162 Å². The van der Waals surface area contributed by atoms with E-state index in [0.29, 0.717) is 0 Å². The van der Waals surface area contributed by atoms with Gasteiger partial charge in [0.2, 0.25) is 5.76 Å². The summed E-state index contributed by atoms with van der Waals surface area (Å²) in [7, 11) is 1.16. The van der Waals surface area contributed by atoms with E-state index in [-0.39, 0.29) is 62.2 Å². The zero-order valence-electron chi connectivity index (χ0n) is 22.2. The molecule has 1 aromatic carbocycles. The molecule has 17 heteroatoms. The summed E-state index contributed by atoms with van der Waals surface area (Å²) < 4.78 is 46.8. The molecule has 2 fully saturated rings. The highest BCUT2D eigenvalue weighted by atomic mass is 19.1. The molecule has 0 radical (unpaired) electrons. The summed E-state index contributed by atoms with van der Waals surface area (Å²) in [6, 6.07) is 4.60. The maximum Gasteiger partial charge on any atom is 0.414 e. The van der Waals surface area contributed by atoms with Crippen LogP contribution in [-0.4, -0.2) is 96.5 Å². The van der Waals surface area contributed by atoms with Gasteiger partial charge in [-0.15, -0.1) is 5.10 Å². The molecule has 3 amide bonds. The van der Waals surface area contributed by atoms with Crippen LogP contribution in [0.15, 0.2) is 41.1 Å². The molecule has 2 aliphatic heterocycles. The zero-order chi connectivity index (χ0) is 29.8. The van der Waals surface area contributed by atoms with Crippen molar-refractivity contribution >= 4 is 35.3 Å². The number of methoxy groups -OCH3 is 1. The third kappa shape index (κ3) is 6.14.